The third-order valence-electron chi connectivity index (χ3n) is 6.76. The van der Waals surface area contributed by atoms with Crippen molar-refractivity contribution in [3.63, 3.8) is 0 Å². The van der Waals surface area contributed by atoms with E-state index in [0.29, 0.717) is 42.0 Å². The van der Waals surface area contributed by atoms with Gasteiger partial charge in [0.15, 0.2) is 40.5 Å². The molecule has 5 rings (SSSR count). The molecule has 3 heterocycles. The number of aryl methyl sites for hydroxylation is 1. The molecule has 0 saturated carbocycles. The van der Waals surface area contributed by atoms with E-state index in [0.717, 1.165) is 23.3 Å². The van der Waals surface area contributed by atoms with Crippen molar-refractivity contribution in [3.05, 3.63) is 65.9 Å². The Labute approximate surface area is 212 Å². The highest BCUT2D eigenvalue weighted by atomic mass is 19.2. The third kappa shape index (κ3) is 4.25. The zero-order valence-electron chi connectivity index (χ0n) is 21.2. The van der Waals surface area contributed by atoms with E-state index in [-0.39, 0.29) is 11.7 Å². The number of methoxy groups -OCH3 is 1. The van der Waals surface area contributed by atoms with Crippen molar-refractivity contribution >= 4 is 0 Å². The first-order valence-corrected chi connectivity index (χ1v) is 11.9. The lowest BCUT2D eigenvalue weighted by Crippen LogP contribution is -2.56. The number of hydrogen-bond acceptors (Lipinski definition) is 7. The molecule has 10 heteroatoms. The lowest BCUT2D eigenvalue weighted by molar-refractivity contribution is -0.145. The van der Waals surface area contributed by atoms with Gasteiger partial charge in [-0.15, -0.1) is 10.2 Å². The minimum atomic E-state index is -1.44. The van der Waals surface area contributed by atoms with Gasteiger partial charge in [0.25, 0.3) is 0 Å². The van der Waals surface area contributed by atoms with Crippen molar-refractivity contribution in [2.45, 2.75) is 51.9 Å². The number of aromatic nitrogens is 4. The predicted molar refractivity (Wildman–Crippen MR) is 131 cm³/mol. The van der Waals surface area contributed by atoms with Crippen molar-refractivity contribution in [3.8, 4) is 34.2 Å². The maximum atomic E-state index is 14.0. The van der Waals surface area contributed by atoms with Gasteiger partial charge in [0.2, 0.25) is 0 Å². The second-order valence-electron chi connectivity index (χ2n) is 9.99. The van der Waals surface area contributed by atoms with Crippen LogP contribution in [0.15, 0.2) is 47.0 Å². The van der Waals surface area contributed by atoms with Crippen LogP contribution in [0.4, 0.5) is 8.78 Å². The summed E-state index contributed by atoms with van der Waals surface area (Å²) >= 11 is 0. The van der Waals surface area contributed by atoms with Crippen LogP contribution in [-0.4, -0.2) is 37.6 Å². The van der Waals surface area contributed by atoms with Crippen molar-refractivity contribution in [2.75, 3.05) is 7.11 Å². The van der Waals surface area contributed by atoms with Crippen molar-refractivity contribution in [1.29, 1.82) is 0 Å². The smallest absolute Gasteiger partial charge is 0.196 e. The molecular weight excluding hydrogens is 482 g/mol. The van der Waals surface area contributed by atoms with Crippen LogP contribution in [-0.2, 0) is 12.1 Å². The van der Waals surface area contributed by atoms with Crippen LogP contribution >= 0.6 is 0 Å². The van der Waals surface area contributed by atoms with Gasteiger partial charge >= 0.3 is 0 Å². The molecule has 2 unspecified atom stereocenters. The molecule has 1 N–H and O–H groups in total. The number of benzene rings is 2. The van der Waals surface area contributed by atoms with E-state index in [2.05, 4.69) is 15.2 Å². The fourth-order valence-corrected chi connectivity index (χ4v) is 4.94. The summed E-state index contributed by atoms with van der Waals surface area (Å²) in [6, 6.07) is 8.89. The second kappa shape index (κ2) is 8.95. The zero-order chi connectivity index (χ0) is 26.5. The summed E-state index contributed by atoms with van der Waals surface area (Å²) in [7, 11) is 1.57. The predicted octanol–water partition coefficient (Wildman–Crippen LogP) is 5.28. The van der Waals surface area contributed by atoms with Crippen LogP contribution in [0.1, 0.15) is 38.9 Å². The number of oxazole rings is 1. The first kappa shape index (κ1) is 24.9. The number of fused-ring (bicyclic) bond motifs is 1. The fraction of sp³-hybridized carbons (Fsp3) is 0.370. The van der Waals surface area contributed by atoms with Gasteiger partial charge in [0.1, 0.15) is 17.1 Å². The SMILES string of the molecule is COc1cc(-c2nnc3n2CC(C)CC3(Oc2ccc(F)c(F)c2)C(C)(C)O)ccc1-c1cnc(C)o1. The van der Waals surface area contributed by atoms with Gasteiger partial charge in [0.05, 0.1) is 18.9 Å². The summed E-state index contributed by atoms with van der Waals surface area (Å²) in [4.78, 5) is 4.16. The number of rotatable bonds is 6. The number of halogens is 2. The van der Waals surface area contributed by atoms with Crippen LogP contribution in [0.3, 0.4) is 0 Å². The average molecular weight is 511 g/mol. The third-order valence-corrected chi connectivity index (χ3v) is 6.76. The Balaban J connectivity index is 1.62. The molecule has 4 aromatic rings. The van der Waals surface area contributed by atoms with E-state index in [9.17, 15) is 13.9 Å². The standard InChI is InChI=1S/C27H28F2N4O4/c1-15-12-27(26(3,4)34,37-18-7-9-20(28)21(29)11-18)25-32-31-24(33(25)14-15)17-6-8-19(22(10-17)35-5)23-13-30-16(2)36-23/h6-11,13,15,34H,12,14H2,1-5H3. The Morgan fingerprint density at radius 1 is 1.14 bits per heavy atom. The van der Waals surface area contributed by atoms with Gasteiger partial charge in [-0.2, -0.15) is 0 Å². The molecule has 1 aliphatic heterocycles. The van der Waals surface area contributed by atoms with E-state index < -0.39 is 22.8 Å². The van der Waals surface area contributed by atoms with Gasteiger partial charge in [0, 0.05) is 31.5 Å². The van der Waals surface area contributed by atoms with Crippen LogP contribution < -0.4 is 9.47 Å². The molecule has 0 amide bonds. The number of aliphatic hydroxyl groups is 1. The largest absolute Gasteiger partial charge is 0.496 e. The van der Waals surface area contributed by atoms with Gasteiger partial charge < -0.3 is 23.6 Å². The lowest BCUT2D eigenvalue weighted by atomic mass is 9.75. The topological polar surface area (TPSA) is 95.4 Å². The molecule has 194 valence electrons. The molecule has 2 aromatic carbocycles. The molecule has 0 fully saturated rings. The summed E-state index contributed by atoms with van der Waals surface area (Å²) in [5, 5.41) is 20.3. The van der Waals surface area contributed by atoms with Crippen LogP contribution in [0.25, 0.3) is 22.7 Å². The number of hydrogen-bond donors (Lipinski definition) is 1. The van der Waals surface area contributed by atoms with E-state index in [1.165, 1.54) is 6.07 Å². The number of nitrogens with zero attached hydrogens (tertiary/aromatic N) is 4. The first-order valence-electron chi connectivity index (χ1n) is 11.9. The molecule has 2 atom stereocenters. The van der Waals surface area contributed by atoms with E-state index in [4.69, 9.17) is 13.9 Å². The Morgan fingerprint density at radius 3 is 2.57 bits per heavy atom. The minimum Gasteiger partial charge on any atom is -0.496 e. The molecular formula is C27H28F2N4O4. The Bertz CT molecular complexity index is 1460. The highest BCUT2D eigenvalue weighted by molar-refractivity contribution is 5.71. The molecule has 2 aromatic heterocycles. The van der Waals surface area contributed by atoms with E-state index in [1.807, 2.05) is 29.7 Å². The Kier molecular flexibility index (Phi) is 6.02. The first-order chi connectivity index (χ1) is 17.5. The van der Waals surface area contributed by atoms with Gasteiger partial charge in [-0.25, -0.2) is 13.8 Å². The van der Waals surface area contributed by atoms with E-state index in [1.54, 1.807) is 34.1 Å². The molecule has 0 spiro atoms. The highest BCUT2D eigenvalue weighted by Gasteiger charge is 2.55. The van der Waals surface area contributed by atoms with Crippen molar-refractivity contribution < 1.29 is 27.8 Å². The molecule has 0 bridgehead atoms. The maximum Gasteiger partial charge on any atom is 0.196 e. The molecule has 1 aliphatic rings. The van der Waals surface area contributed by atoms with Crippen LogP contribution in [0, 0.1) is 24.5 Å². The minimum absolute atomic E-state index is 0.0392. The molecule has 37 heavy (non-hydrogen) atoms. The quantitative estimate of drug-likeness (QED) is 0.377. The maximum absolute atomic E-state index is 14.0. The summed E-state index contributed by atoms with van der Waals surface area (Å²) < 4.78 is 47.1. The summed E-state index contributed by atoms with van der Waals surface area (Å²) in [6.45, 7) is 7.59. The van der Waals surface area contributed by atoms with Gasteiger partial charge in [-0.05, 0) is 44.0 Å². The Hall–Kier alpha value is -3.79. The molecule has 0 radical (unpaired) electrons. The van der Waals surface area contributed by atoms with Crippen LogP contribution in [0.5, 0.6) is 11.5 Å². The highest BCUT2D eigenvalue weighted by Crippen LogP contribution is 2.46. The molecule has 0 aliphatic carbocycles. The van der Waals surface area contributed by atoms with E-state index >= 15 is 0 Å². The van der Waals surface area contributed by atoms with Crippen molar-refractivity contribution in [1.82, 2.24) is 19.7 Å². The number of ether oxygens (including phenoxy) is 2. The van der Waals surface area contributed by atoms with Gasteiger partial charge in [-0.1, -0.05) is 13.0 Å². The van der Waals surface area contributed by atoms with Gasteiger partial charge in [-0.3, -0.25) is 0 Å². The molecule has 8 nitrogen and oxygen atoms in total. The average Bonchev–Trinajstić information content (AvgIpc) is 3.46. The van der Waals surface area contributed by atoms with Crippen molar-refractivity contribution in [2.24, 2.45) is 5.92 Å². The Morgan fingerprint density at radius 2 is 1.92 bits per heavy atom. The summed E-state index contributed by atoms with van der Waals surface area (Å²) in [6.07, 6.45) is 2.03. The lowest BCUT2D eigenvalue weighted by Gasteiger charge is -2.46. The fourth-order valence-electron chi connectivity index (χ4n) is 4.94. The van der Waals surface area contributed by atoms with Crippen LogP contribution in [0.2, 0.25) is 0 Å². The monoisotopic (exact) mass is 510 g/mol. The normalized spacial score (nSPS) is 19.5. The zero-order valence-corrected chi connectivity index (χ0v) is 21.2. The summed E-state index contributed by atoms with van der Waals surface area (Å²) in [5.74, 6) is 0.755. The summed E-state index contributed by atoms with van der Waals surface area (Å²) in [5.41, 5.74) is -1.34. The second-order valence-corrected chi connectivity index (χ2v) is 9.99. The molecule has 0 saturated heterocycles.